The van der Waals surface area contributed by atoms with Gasteiger partial charge in [0.05, 0.1) is 10.5 Å². The molecule has 108 valence electrons. The third kappa shape index (κ3) is 3.07. The molecule has 1 heterocycles. The Morgan fingerprint density at radius 1 is 1.40 bits per heavy atom. The predicted molar refractivity (Wildman–Crippen MR) is 77.4 cm³/mol. The Labute approximate surface area is 125 Å². The Hall–Kier alpha value is -1.27. The Morgan fingerprint density at radius 3 is 2.75 bits per heavy atom. The summed E-state index contributed by atoms with van der Waals surface area (Å²) in [4.78, 5) is 4.26. The number of aromatic nitrogens is 2. The van der Waals surface area contributed by atoms with E-state index in [4.69, 9.17) is 0 Å². The zero-order valence-corrected chi connectivity index (χ0v) is 12.9. The first-order valence-electron chi connectivity index (χ1n) is 6.37. The molecule has 0 aliphatic carbocycles. The molecule has 0 aliphatic rings. The highest BCUT2D eigenvalue weighted by molar-refractivity contribution is 9.10. The molecule has 1 aromatic heterocycles. The fourth-order valence-corrected chi connectivity index (χ4v) is 2.55. The van der Waals surface area contributed by atoms with Crippen LogP contribution in [0.25, 0.3) is 0 Å². The first-order chi connectivity index (χ1) is 9.54. The number of hydrogen-bond donors (Lipinski definition) is 1. The van der Waals surface area contributed by atoms with E-state index >= 15 is 0 Å². The van der Waals surface area contributed by atoms with Gasteiger partial charge in [-0.05, 0) is 34.6 Å². The zero-order chi connectivity index (χ0) is 14.7. The Bertz CT molecular complexity index is 598. The van der Waals surface area contributed by atoms with Gasteiger partial charge in [0.25, 0.3) is 0 Å². The molecule has 1 N–H and O–H groups in total. The highest BCUT2D eigenvalue weighted by atomic mass is 79.9. The van der Waals surface area contributed by atoms with Gasteiger partial charge in [-0.2, -0.15) is 0 Å². The predicted octanol–water partition coefficient (Wildman–Crippen LogP) is 3.35. The second-order valence-corrected chi connectivity index (χ2v) is 5.39. The number of nitrogens with one attached hydrogen (secondary N) is 1. The van der Waals surface area contributed by atoms with E-state index < -0.39 is 11.6 Å². The second-order valence-electron chi connectivity index (χ2n) is 4.53. The third-order valence-corrected chi connectivity index (χ3v) is 3.78. The molecular weight excluding hydrogens is 328 g/mol. The molecule has 0 saturated heterocycles. The molecule has 0 bridgehead atoms. The number of halogens is 3. The molecule has 0 saturated carbocycles. The molecular formula is C14H16BrF2N3. The summed E-state index contributed by atoms with van der Waals surface area (Å²) in [6.07, 6.45) is 3.69. The molecule has 2 aromatic rings. The summed E-state index contributed by atoms with van der Waals surface area (Å²) in [5.41, 5.74) is 0.0633. The van der Waals surface area contributed by atoms with Gasteiger partial charge in [-0.25, -0.2) is 13.8 Å². The van der Waals surface area contributed by atoms with Crippen molar-refractivity contribution in [2.45, 2.75) is 19.4 Å². The van der Waals surface area contributed by atoms with Gasteiger partial charge >= 0.3 is 0 Å². The minimum atomic E-state index is -0.554. The SMILES string of the molecule is CCNC(Cc1c(F)ccc(Br)c1F)c1nccn1C. The second kappa shape index (κ2) is 6.45. The lowest BCUT2D eigenvalue weighted by Gasteiger charge is -2.18. The van der Waals surface area contributed by atoms with Gasteiger partial charge in [-0.1, -0.05) is 6.92 Å². The van der Waals surface area contributed by atoms with Crippen LogP contribution in [-0.2, 0) is 13.5 Å². The maximum Gasteiger partial charge on any atom is 0.143 e. The number of aryl methyl sites for hydroxylation is 1. The van der Waals surface area contributed by atoms with Gasteiger partial charge in [0.1, 0.15) is 17.5 Å². The van der Waals surface area contributed by atoms with Gasteiger partial charge < -0.3 is 9.88 Å². The summed E-state index contributed by atoms with van der Waals surface area (Å²) < 4.78 is 30.0. The summed E-state index contributed by atoms with van der Waals surface area (Å²) in [5, 5.41) is 3.22. The van der Waals surface area contributed by atoms with Crippen molar-refractivity contribution in [3.05, 3.63) is 52.0 Å². The molecule has 0 aliphatic heterocycles. The molecule has 2 rings (SSSR count). The number of rotatable bonds is 5. The fourth-order valence-electron chi connectivity index (χ4n) is 2.17. The van der Waals surface area contributed by atoms with E-state index in [1.807, 2.05) is 24.7 Å². The van der Waals surface area contributed by atoms with Crippen LogP contribution in [0.2, 0.25) is 0 Å². The van der Waals surface area contributed by atoms with E-state index in [-0.39, 0.29) is 22.5 Å². The average Bonchev–Trinajstić information content (AvgIpc) is 2.84. The zero-order valence-electron chi connectivity index (χ0n) is 11.3. The van der Waals surface area contributed by atoms with Crippen molar-refractivity contribution in [1.29, 1.82) is 0 Å². The summed E-state index contributed by atoms with van der Waals surface area (Å²) >= 11 is 3.09. The van der Waals surface area contributed by atoms with Crippen molar-refractivity contribution in [1.82, 2.24) is 14.9 Å². The van der Waals surface area contributed by atoms with Crippen LogP contribution in [0, 0.1) is 11.6 Å². The van der Waals surface area contributed by atoms with Crippen molar-refractivity contribution in [2.75, 3.05) is 6.54 Å². The summed E-state index contributed by atoms with van der Waals surface area (Å²) in [6.45, 7) is 2.64. The molecule has 1 aromatic carbocycles. The van der Waals surface area contributed by atoms with Crippen LogP contribution < -0.4 is 5.32 Å². The van der Waals surface area contributed by atoms with Gasteiger partial charge in [0.15, 0.2) is 0 Å². The molecule has 3 nitrogen and oxygen atoms in total. The molecule has 0 spiro atoms. The highest BCUT2D eigenvalue weighted by Crippen LogP contribution is 2.26. The van der Waals surface area contributed by atoms with E-state index in [0.717, 1.165) is 5.82 Å². The van der Waals surface area contributed by atoms with Crippen molar-refractivity contribution in [3.8, 4) is 0 Å². The van der Waals surface area contributed by atoms with Crippen molar-refractivity contribution in [2.24, 2.45) is 7.05 Å². The molecule has 6 heteroatoms. The largest absolute Gasteiger partial charge is 0.337 e. The standard InChI is InChI=1S/C14H16BrF2N3/c1-3-18-12(14-19-6-7-20(14)2)8-9-11(16)5-4-10(15)13(9)17/h4-7,12,18H,3,8H2,1-2H3. The normalized spacial score (nSPS) is 12.7. The van der Waals surface area contributed by atoms with Crippen LogP contribution in [0.4, 0.5) is 8.78 Å². The summed E-state index contributed by atoms with van der Waals surface area (Å²) in [7, 11) is 1.86. The summed E-state index contributed by atoms with van der Waals surface area (Å²) in [5.74, 6) is -0.337. The minimum absolute atomic E-state index is 0.0633. The average molecular weight is 344 g/mol. The lowest BCUT2D eigenvalue weighted by molar-refractivity contribution is 0.473. The van der Waals surface area contributed by atoms with E-state index in [0.29, 0.717) is 6.54 Å². The van der Waals surface area contributed by atoms with Crippen molar-refractivity contribution in [3.63, 3.8) is 0 Å². The number of benzene rings is 1. The van der Waals surface area contributed by atoms with Crippen LogP contribution in [-0.4, -0.2) is 16.1 Å². The lowest BCUT2D eigenvalue weighted by atomic mass is 10.0. The quantitative estimate of drug-likeness (QED) is 0.843. The van der Waals surface area contributed by atoms with Gasteiger partial charge in [-0.3, -0.25) is 0 Å². The molecule has 0 radical (unpaired) electrons. The highest BCUT2D eigenvalue weighted by Gasteiger charge is 2.21. The molecule has 20 heavy (non-hydrogen) atoms. The van der Waals surface area contributed by atoms with E-state index in [1.54, 1.807) is 6.20 Å². The number of hydrogen-bond acceptors (Lipinski definition) is 2. The molecule has 1 unspecified atom stereocenters. The number of nitrogens with zero attached hydrogens (tertiary/aromatic N) is 2. The van der Waals surface area contributed by atoms with Crippen LogP contribution >= 0.6 is 15.9 Å². The molecule has 0 fully saturated rings. The van der Waals surface area contributed by atoms with Gasteiger partial charge in [0, 0.05) is 31.4 Å². The monoisotopic (exact) mass is 343 g/mol. The number of imidazole rings is 1. The van der Waals surface area contributed by atoms with E-state index in [9.17, 15) is 8.78 Å². The van der Waals surface area contributed by atoms with Crippen LogP contribution in [0.3, 0.4) is 0 Å². The fraction of sp³-hybridized carbons (Fsp3) is 0.357. The number of likely N-dealkylation sites (N-methyl/N-ethyl adjacent to an activating group) is 1. The first kappa shape index (κ1) is 15.1. The first-order valence-corrected chi connectivity index (χ1v) is 7.16. The smallest absolute Gasteiger partial charge is 0.143 e. The van der Waals surface area contributed by atoms with E-state index in [2.05, 4.69) is 26.2 Å². The van der Waals surface area contributed by atoms with Gasteiger partial charge in [0.2, 0.25) is 0 Å². The van der Waals surface area contributed by atoms with Crippen molar-refractivity contribution < 1.29 is 8.78 Å². The van der Waals surface area contributed by atoms with Crippen LogP contribution in [0.5, 0.6) is 0 Å². The Kier molecular flexibility index (Phi) is 4.88. The molecule has 0 amide bonds. The lowest BCUT2D eigenvalue weighted by Crippen LogP contribution is -2.26. The topological polar surface area (TPSA) is 29.9 Å². The molecule has 1 atom stereocenters. The van der Waals surface area contributed by atoms with E-state index in [1.165, 1.54) is 12.1 Å². The van der Waals surface area contributed by atoms with Crippen molar-refractivity contribution >= 4 is 15.9 Å². The maximum absolute atomic E-state index is 14.1. The Morgan fingerprint density at radius 2 is 2.15 bits per heavy atom. The third-order valence-electron chi connectivity index (χ3n) is 3.17. The maximum atomic E-state index is 14.1. The Balaban J connectivity index is 2.34. The van der Waals surface area contributed by atoms with Crippen LogP contribution in [0.15, 0.2) is 29.0 Å². The minimum Gasteiger partial charge on any atom is -0.337 e. The van der Waals surface area contributed by atoms with Gasteiger partial charge in [-0.15, -0.1) is 0 Å². The summed E-state index contributed by atoms with van der Waals surface area (Å²) in [6, 6.07) is 2.40. The van der Waals surface area contributed by atoms with Crippen LogP contribution in [0.1, 0.15) is 24.4 Å².